The van der Waals surface area contributed by atoms with E-state index < -0.39 is 0 Å². The number of rotatable bonds is 10. The molecule has 0 aromatic rings. The lowest BCUT2D eigenvalue weighted by atomic mass is 10.3. The van der Waals surface area contributed by atoms with Crippen LogP contribution in [-0.2, 0) is 9.59 Å². The summed E-state index contributed by atoms with van der Waals surface area (Å²) in [4.78, 5) is 22.6. The van der Waals surface area contributed by atoms with Crippen LogP contribution in [0.3, 0.4) is 0 Å². The van der Waals surface area contributed by atoms with Crippen molar-refractivity contribution in [3.05, 3.63) is 0 Å². The van der Waals surface area contributed by atoms with E-state index in [0.717, 1.165) is 0 Å². The van der Waals surface area contributed by atoms with Crippen molar-refractivity contribution in [1.82, 2.24) is 16.0 Å². The maximum Gasteiger partial charge on any atom is 0.239 e. The first-order valence-electron chi connectivity index (χ1n) is 6.39. The zero-order valence-corrected chi connectivity index (χ0v) is 11.2. The fourth-order valence-electron chi connectivity index (χ4n) is 1.25. The third kappa shape index (κ3) is 11.3. The molecule has 18 heavy (non-hydrogen) atoms. The van der Waals surface area contributed by atoms with Crippen molar-refractivity contribution in [1.29, 1.82) is 0 Å². The van der Waals surface area contributed by atoms with Gasteiger partial charge in [0, 0.05) is 25.6 Å². The molecule has 0 atom stereocenters. The van der Waals surface area contributed by atoms with Crippen molar-refractivity contribution in [3.8, 4) is 0 Å². The lowest BCUT2D eigenvalue weighted by molar-refractivity contribution is -0.126. The number of unbranched alkanes of at least 4 members (excludes halogenated alkanes) is 1. The third-order valence-corrected chi connectivity index (χ3v) is 2.23. The molecule has 0 heterocycles. The summed E-state index contributed by atoms with van der Waals surface area (Å²) < 4.78 is 11.8. The van der Waals surface area contributed by atoms with Gasteiger partial charge in [-0.05, 0) is 12.8 Å². The Kier molecular flexibility index (Phi) is 10.2. The van der Waals surface area contributed by atoms with Gasteiger partial charge in [-0.25, -0.2) is 0 Å². The number of carbonyl (C=O) groups is 2. The van der Waals surface area contributed by atoms with Crippen molar-refractivity contribution >= 4 is 11.8 Å². The molecule has 0 unspecified atom stereocenters. The van der Waals surface area contributed by atoms with Gasteiger partial charge in [0.15, 0.2) is 0 Å². The molecule has 3 N–H and O–H groups in total. The molecule has 0 fully saturated rings. The second kappa shape index (κ2) is 11.0. The molecule has 5 nitrogen and oxygen atoms in total. The summed E-state index contributed by atoms with van der Waals surface area (Å²) in [5.41, 5.74) is 0. The number of nitrogens with one attached hydrogen (secondary N) is 3. The van der Waals surface area contributed by atoms with Crippen molar-refractivity contribution < 1.29 is 14.0 Å². The number of hydrogen-bond donors (Lipinski definition) is 3. The van der Waals surface area contributed by atoms with E-state index in [9.17, 15) is 14.0 Å². The Bertz CT molecular complexity index is 247. The van der Waals surface area contributed by atoms with E-state index in [1.165, 1.54) is 0 Å². The lowest BCUT2D eigenvalue weighted by Gasteiger charge is -2.08. The molecule has 0 radical (unpaired) electrons. The van der Waals surface area contributed by atoms with E-state index in [4.69, 9.17) is 0 Å². The van der Waals surface area contributed by atoms with E-state index >= 15 is 0 Å². The van der Waals surface area contributed by atoms with Gasteiger partial charge in [-0.3, -0.25) is 14.0 Å². The number of halogens is 1. The van der Waals surface area contributed by atoms with E-state index in [1.807, 2.05) is 13.8 Å². The minimum Gasteiger partial charge on any atom is -0.355 e. The third-order valence-electron chi connectivity index (χ3n) is 2.23. The second-order valence-electron chi connectivity index (χ2n) is 4.38. The van der Waals surface area contributed by atoms with Crippen LogP contribution in [0.2, 0.25) is 0 Å². The first kappa shape index (κ1) is 16.8. The molecule has 106 valence electrons. The van der Waals surface area contributed by atoms with Gasteiger partial charge >= 0.3 is 0 Å². The minimum atomic E-state index is -0.366. The van der Waals surface area contributed by atoms with Crippen LogP contribution in [0.4, 0.5) is 4.39 Å². The Balaban J connectivity index is 3.44. The quantitative estimate of drug-likeness (QED) is 0.497. The first-order chi connectivity index (χ1) is 8.56. The van der Waals surface area contributed by atoms with Crippen LogP contribution in [0.15, 0.2) is 0 Å². The van der Waals surface area contributed by atoms with Gasteiger partial charge in [0.05, 0.1) is 13.2 Å². The van der Waals surface area contributed by atoms with Gasteiger partial charge in [0.25, 0.3) is 0 Å². The predicted octanol–water partition coefficient (Wildman–Crippen LogP) is 0.357. The SMILES string of the molecule is CC(C)NCCC(=O)NCC(=O)NCCCCF. The monoisotopic (exact) mass is 261 g/mol. The highest BCUT2D eigenvalue weighted by atomic mass is 19.1. The molecule has 0 aromatic heterocycles. The zero-order valence-electron chi connectivity index (χ0n) is 11.2. The molecule has 0 spiro atoms. The van der Waals surface area contributed by atoms with Crippen molar-refractivity contribution in [2.75, 3.05) is 26.3 Å². The number of carbonyl (C=O) groups excluding carboxylic acids is 2. The number of amides is 2. The highest BCUT2D eigenvalue weighted by Gasteiger charge is 2.05. The number of alkyl halides is 1. The van der Waals surface area contributed by atoms with Crippen molar-refractivity contribution in [2.24, 2.45) is 0 Å². The molecule has 0 aliphatic rings. The molecular weight excluding hydrogens is 237 g/mol. The highest BCUT2D eigenvalue weighted by Crippen LogP contribution is 1.86. The van der Waals surface area contributed by atoms with Gasteiger partial charge in [0.2, 0.25) is 11.8 Å². The first-order valence-corrected chi connectivity index (χ1v) is 6.39. The van der Waals surface area contributed by atoms with Gasteiger partial charge in [-0.1, -0.05) is 13.8 Å². The summed E-state index contributed by atoms with van der Waals surface area (Å²) in [6.45, 7) is 4.67. The Morgan fingerprint density at radius 2 is 1.78 bits per heavy atom. The topological polar surface area (TPSA) is 70.2 Å². The van der Waals surface area contributed by atoms with Gasteiger partial charge in [-0.2, -0.15) is 0 Å². The van der Waals surface area contributed by atoms with E-state index in [1.54, 1.807) is 0 Å². The van der Waals surface area contributed by atoms with Crippen molar-refractivity contribution in [3.63, 3.8) is 0 Å². The van der Waals surface area contributed by atoms with Crippen LogP contribution < -0.4 is 16.0 Å². The zero-order chi connectivity index (χ0) is 13.8. The maximum atomic E-state index is 11.8. The largest absolute Gasteiger partial charge is 0.355 e. The predicted molar refractivity (Wildman–Crippen MR) is 69.0 cm³/mol. The molecule has 0 saturated heterocycles. The second-order valence-corrected chi connectivity index (χ2v) is 4.38. The average Bonchev–Trinajstić information content (AvgIpc) is 2.31. The van der Waals surface area contributed by atoms with E-state index in [0.29, 0.717) is 38.4 Å². The fourth-order valence-corrected chi connectivity index (χ4v) is 1.25. The van der Waals surface area contributed by atoms with E-state index in [-0.39, 0.29) is 25.0 Å². The standard InChI is InChI=1S/C12H24FN3O2/c1-10(2)14-8-5-11(17)16-9-12(18)15-7-4-3-6-13/h10,14H,3-9H2,1-2H3,(H,15,18)(H,16,17). The summed E-state index contributed by atoms with van der Waals surface area (Å²) in [5, 5.41) is 8.26. The maximum absolute atomic E-state index is 11.8. The lowest BCUT2D eigenvalue weighted by Crippen LogP contribution is -2.38. The van der Waals surface area contributed by atoms with Crippen LogP contribution in [-0.4, -0.2) is 44.2 Å². The Labute approximate surface area is 108 Å². The smallest absolute Gasteiger partial charge is 0.239 e. The summed E-state index contributed by atoms with van der Waals surface area (Å²) in [6.07, 6.45) is 1.43. The molecular formula is C12H24FN3O2. The van der Waals surface area contributed by atoms with Crippen LogP contribution in [0, 0.1) is 0 Å². The summed E-state index contributed by atoms with van der Waals surface area (Å²) in [7, 11) is 0. The summed E-state index contributed by atoms with van der Waals surface area (Å²) in [6, 6.07) is 0.344. The molecule has 0 bridgehead atoms. The molecule has 6 heteroatoms. The molecule has 2 amide bonds. The molecule has 0 aliphatic carbocycles. The minimum absolute atomic E-state index is 0.0177. The van der Waals surface area contributed by atoms with Gasteiger partial charge in [-0.15, -0.1) is 0 Å². The average molecular weight is 261 g/mol. The summed E-state index contributed by atoms with van der Waals surface area (Å²) >= 11 is 0. The molecule has 0 saturated carbocycles. The van der Waals surface area contributed by atoms with E-state index in [2.05, 4.69) is 16.0 Å². The summed E-state index contributed by atoms with van der Waals surface area (Å²) in [5.74, 6) is -0.388. The van der Waals surface area contributed by atoms with Crippen LogP contribution >= 0.6 is 0 Å². The number of hydrogen-bond acceptors (Lipinski definition) is 3. The molecule has 0 aliphatic heterocycles. The van der Waals surface area contributed by atoms with Gasteiger partial charge in [0.1, 0.15) is 0 Å². The normalized spacial score (nSPS) is 10.4. The highest BCUT2D eigenvalue weighted by molar-refractivity contribution is 5.84. The molecule has 0 aromatic carbocycles. The van der Waals surface area contributed by atoms with Crippen LogP contribution in [0.1, 0.15) is 33.1 Å². The van der Waals surface area contributed by atoms with Crippen LogP contribution in [0.5, 0.6) is 0 Å². The molecule has 0 rings (SSSR count). The van der Waals surface area contributed by atoms with Crippen LogP contribution in [0.25, 0.3) is 0 Å². The van der Waals surface area contributed by atoms with Gasteiger partial charge < -0.3 is 16.0 Å². The Morgan fingerprint density at radius 3 is 2.39 bits per heavy atom. The Hall–Kier alpha value is -1.17. The Morgan fingerprint density at radius 1 is 1.06 bits per heavy atom. The fraction of sp³-hybridized carbons (Fsp3) is 0.833. The van der Waals surface area contributed by atoms with Crippen molar-refractivity contribution in [2.45, 2.75) is 39.2 Å².